The molecule has 4 nitrogen and oxygen atoms in total. The Hall–Kier alpha value is -5.72. The summed E-state index contributed by atoms with van der Waals surface area (Å²) < 4.78 is 18.3. The van der Waals surface area contributed by atoms with Crippen LogP contribution in [0.15, 0.2) is 118 Å². The van der Waals surface area contributed by atoms with Gasteiger partial charge in [0, 0.05) is 53.6 Å². The minimum atomic E-state index is -0.131. The number of benzene rings is 6. The Morgan fingerprint density at radius 3 is 2.11 bits per heavy atom. The van der Waals surface area contributed by atoms with Gasteiger partial charge in [0.2, 0.25) is 5.88 Å². The van der Waals surface area contributed by atoms with Gasteiger partial charge in [-0.05, 0) is 88.6 Å². The van der Waals surface area contributed by atoms with Crippen molar-refractivity contribution in [2.24, 2.45) is 0 Å². The molecule has 0 saturated carbocycles. The monoisotopic (exact) mass is 728 g/mol. The lowest BCUT2D eigenvalue weighted by Gasteiger charge is -2.43. The van der Waals surface area contributed by atoms with Crippen molar-refractivity contribution < 1.29 is 8.83 Å². The Kier molecular flexibility index (Phi) is 5.52. The van der Waals surface area contributed by atoms with Crippen LogP contribution in [0.3, 0.4) is 0 Å². The molecule has 0 fully saturated rings. The van der Waals surface area contributed by atoms with Crippen molar-refractivity contribution >= 4 is 110 Å². The lowest BCUT2D eigenvalue weighted by Crippen LogP contribution is -2.56. The van der Waals surface area contributed by atoms with E-state index in [9.17, 15) is 0 Å². The zero-order chi connectivity index (χ0) is 36.7. The molecule has 6 aromatic carbocycles. The van der Waals surface area contributed by atoms with E-state index in [1.807, 2.05) is 11.3 Å². The molecule has 0 N–H and O–H groups in total. The molecule has 55 heavy (non-hydrogen) atoms. The molecule has 4 aromatic heterocycles. The molecule has 6 heterocycles. The lowest BCUT2D eigenvalue weighted by molar-refractivity contribution is 0.332. The molecule has 0 spiro atoms. The quantitative estimate of drug-likeness (QED) is 0.158. The van der Waals surface area contributed by atoms with E-state index >= 15 is 0 Å². The normalized spacial score (nSPS) is 16.5. The number of thiophene rings is 1. The van der Waals surface area contributed by atoms with Gasteiger partial charge in [-0.25, -0.2) is 0 Å². The average Bonchev–Trinajstić information content (AvgIpc) is 3.94. The van der Waals surface area contributed by atoms with Crippen LogP contribution in [0.2, 0.25) is 0 Å². The maximum Gasteiger partial charge on any atom is 0.338 e. The highest BCUT2D eigenvalue weighted by Crippen LogP contribution is 2.54. The Balaban J connectivity index is 1.25. The van der Waals surface area contributed by atoms with Crippen LogP contribution in [0.1, 0.15) is 57.2 Å². The first kappa shape index (κ1) is 30.6. The molecule has 1 aliphatic carbocycles. The van der Waals surface area contributed by atoms with Gasteiger partial charge in [-0.2, -0.15) is 0 Å². The second kappa shape index (κ2) is 9.93. The fourth-order valence-electron chi connectivity index (χ4n) is 10.8. The first-order chi connectivity index (χ1) is 26.7. The molecule has 0 atom stereocenters. The molecule has 6 heteroatoms. The SMILES string of the molecule is Cc1cc2c(cc1N1c3oc4ccccc4c3B3c4c(cc5c(oc6ccccc65)c41)-c1cccc4c5c6ccccc6sc5n3c14)C(C)(C)CCC2(C)C. The molecule has 0 bridgehead atoms. The fraction of sp³-hybridized carbons (Fsp3) is 0.184. The molecule has 10 aromatic rings. The number of rotatable bonds is 1. The number of para-hydroxylation sites is 3. The summed E-state index contributed by atoms with van der Waals surface area (Å²) in [5.74, 6) is 0.879. The smallest absolute Gasteiger partial charge is 0.338 e. The van der Waals surface area contributed by atoms with Crippen molar-refractivity contribution in [1.82, 2.24) is 4.48 Å². The summed E-state index contributed by atoms with van der Waals surface area (Å²) in [4.78, 5) is 3.76. The minimum absolute atomic E-state index is 0.0373. The number of hydrogen-bond donors (Lipinski definition) is 0. The van der Waals surface area contributed by atoms with Crippen molar-refractivity contribution in [3.8, 4) is 11.1 Å². The maximum atomic E-state index is 7.23. The van der Waals surface area contributed by atoms with Gasteiger partial charge >= 0.3 is 6.85 Å². The van der Waals surface area contributed by atoms with E-state index in [0.29, 0.717) is 0 Å². The summed E-state index contributed by atoms with van der Waals surface area (Å²) in [6, 6.07) is 40.4. The van der Waals surface area contributed by atoms with Crippen molar-refractivity contribution in [2.75, 3.05) is 4.90 Å². The molecule has 0 amide bonds. The molecule has 0 unspecified atom stereocenters. The van der Waals surface area contributed by atoms with E-state index in [0.717, 1.165) is 56.6 Å². The zero-order valence-corrected chi connectivity index (χ0v) is 32.3. The maximum absolute atomic E-state index is 7.23. The first-order valence-corrected chi connectivity index (χ1v) is 20.4. The van der Waals surface area contributed by atoms with Crippen LogP contribution in [0.5, 0.6) is 0 Å². The Labute approximate surface area is 322 Å². The van der Waals surface area contributed by atoms with E-state index < -0.39 is 0 Å². The molecule has 264 valence electrons. The largest absolute Gasteiger partial charge is 0.454 e. The third-order valence-corrected chi connectivity index (χ3v) is 14.7. The molecular weight excluding hydrogens is 691 g/mol. The lowest BCUT2D eigenvalue weighted by atomic mass is 9.45. The van der Waals surface area contributed by atoms with Crippen molar-refractivity contribution in [1.29, 1.82) is 0 Å². The standard InChI is InChI=1S/C49H37BN2O2S/c1-26-23-34-35(49(4,5)22-21-48(34,2)3)25-36(26)51-44-41-32(24-33-27-13-6-9-18-37(27)53-45(33)44)28-16-12-17-31-40-30-15-8-11-20-39(30)55-47(40)52(43(28)31)50(41)42-29-14-7-10-19-38(29)54-46(42)51/h6-20,23-25H,21-22H2,1-5H3. The number of furan rings is 2. The van der Waals surface area contributed by atoms with Gasteiger partial charge in [0.05, 0.1) is 16.2 Å². The second-order valence-electron chi connectivity index (χ2n) is 17.5. The van der Waals surface area contributed by atoms with Gasteiger partial charge < -0.3 is 13.3 Å². The van der Waals surface area contributed by atoms with E-state index in [-0.39, 0.29) is 17.7 Å². The second-order valence-corrected chi connectivity index (χ2v) is 18.5. The van der Waals surface area contributed by atoms with Gasteiger partial charge in [0.15, 0.2) is 5.58 Å². The van der Waals surface area contributed by atoms with E-state index in [2.05, 4.69) is 153 Å². The van der Waals surface area contributed by atoms with Gasteiger partial charge in [-0.15, -0.1) is 11.3 Å². The summed E-state index contributed by atoms with van der Waals surface area (Å²) in [5.41, 5.74) is 15.5. The van der Waals surface area contributed by atoms with Gasteiger partial charge in [-0.1, -0.05) is 107 Å². The van der Waals surface area contributed by atoms with Crippen LogP contribution in [0.25, 0.3) is 75.2 Å². The summed E-state index contributed by atoms with van der Waals surface area (Å²) in [7, 11) is 0. The van der Waals surface area contributed by atoms with Crippen LogP contribution >= 0.6 is 11.3 Å². The zero-order valence-electron chi connectivity index (χ0n) is 31.5. The number of anilines is 3. The number of hydrogen-bond acceptors (Lipinski definition) is 4. The third kappa shape index (κ3) is 3.65. The number of aromatic nitrogens is 1. The number of nitrogens with zero attached hydrogens (tertiary/aromatic N) is 2. The minimum Gasteiger partial charge on any atom is -0.454 e. The highest BCUT2D eigenvalue weighted by atomic mass is 32.1. The van der Waals surface area contributed by atoms with Crippen LogP contribution in [0, 0.1) is 6.92 Å². The first-order valence-electron chi connectivity index (χ1n) is 19.6. The summed E-state index contributed by atoms with van der Waals surface area (Å²) in [6.07, 6.45) is 2.32. The van der Waals surface area contributed by atoms with Crippen molar-refractivity contribution in [3.63, 3.8) is 0 Å². The fourth-order valence-corrected chi connectivity index (χ4v) is 12.0. The Morgan fingerprint density at radius 2 is 1.31 bits per heavy atom. The highest BCUT2D eigenvalue weighted by molar-refractivity contribution is 7.26. The van der Waals surface area contributed by atoms with Crippen molar-refractivity contribution in [3.05, 3.63) is 126 Å². The van der Waals surface area contributed by atoms with Gasteiger partial charge in [0.25, 0.3) is 0 Å². The molecule has 3 aliphatic rings. The van der Waals surface area contributed by atoms with Crippen molar-refractivity contribution in [2.45, 2.75) is 58.3 Å². The average molecular weight is 729 g/mol. The molecule has 0 saturated heterocycles. The van der Waals surface area contributed by atoms with Gasteiger partial charge in [-0.3, -0.25) is 4.90 Å². The predicted molar refractivity (Wildman–Crippen MR) is 232 cm³/mol. The Morgan fingerprint density at radius 1 is 0.636 bits per heavy atom. The van der Waals surface area contributed by atoms with Gasteiger partial charge in [0.1, 0.15) is 11.2 Å². The van der Waals surface area contributed by atoms with Crippen LogP contribution in [-0.4, -0.2) is 11.3 Å². The van der Waals surface area contributed by atoms with Crippen LogP contribution < -0.4 is 15.8 Å². The molecule has 13 rings (SSSR count). The topological polar surface area (TPSA) is 34.5 Å². The Bertz CT molecular complexity index is 3370. The van der Waals surface area contributed by atoms with Crippen LogP contribution in [-0.2, 0) is 10.8 Å². The highest BCUT2D eigenvalue weighted by Gasteiger charge is 2.48. The molecular formula is C49H37BN2O2S. The van der Waals surface area contributed by atoms with E-state index in [4.69, 9.17) is 8.83 Å². The van der Waals surface area contributed by atoms with E-state index in [1.165, 1.54) is 76.4 Å². The summed E-state index contributed by atoms with van der Waals surface area (Å²) in [5, 5.41) is 7.39. The summed E-state index contributed by atoms with van der Waals surface area (Å²) >= 11 is 1.90. The molecule has 2 aliphatic heterocycles. The number of fused-ring (bicyclic) bond motifs is 16. The third-order valence-electron chi connectivity index (χ3n) is 13.6. The predicted octanol–water partition coefficient (Wildman–Crippen LogP) is 12.7. The molecule has 0 radical (unpaired) electrons. The van der Waals surface area contributed by atoms with E-state index in [1.54, 1.807) is 0 Å². The van der Waals surface area contributed by atoms with Crippen LogP contribution in [0.4, 0.5) is 17.3 Å². The number of aryl methyl sites for hydroxylation is 1. The summed E-state index contributed by atoms with van der Waals surface area (Å²) in [6.45, 7) is 11.8.